The summed E-state index contributed by atoms with van der Waals surface area (Å²) in [5.41, 5.74) is -0.330. The Morgan fingerprint density at radius 3 is 2.72 bits per heavy atom. The summed E-state index contributed by atoms with van der Waals surface area (Å²) in [5, 5.41) is 18.3. The quantitative estimate of drug-likeness (QED) is 0.621. The van der Waals surface area contributed by atoms with Crippen molar-refractivity contribution in [1.82, 2.24) is 24.8 Å². The molecule has 3 aromatic rings. The highest BCUT2D eigenvalue weighted by atomic mass is 35.5. The van der Waals surface area contributed by atoms with Crippen LogP contribution in [0.5, 0.6) is 5.88 Å². The standard InChI is InChI=1S/C18H18ClN5O4S/c19-12-3-1-11(2-4-12)9-20-15(25)14-16(26)21-18-24(17(14)27)22-13(29-18)10-23-5-7-28-8-6-23/h1-4,26H,5-10H2,(H,20,25). The second-order valence-electron chi connectivity index (χ2n) is 6.50. The zero-order valence-corrected chi connectivity index (χ0v) is 16.9. The van der Waals surface area contributed by atoms with Crippen molar-refractivity contribution in [2.24, 2.45) is 0 Å². The Labute approximate surface area is 174 Å². The smallest absolute Gasteiger partial charge is 0.292 e. The molecule has 0 bridgehead atoms. The van der Waals surface area contributed by atoms with Crippen LogP contribution in [0.15, 0.2) is 29.1 Å². The highest BCUT2D eigenvalue weighted by molar-refractivity contribution is 7.16. The largest absolute Gasteiger partial charge is 0.492 e. The number of carbonyl (C=O) groups is 1. The Kier molecular flexibility index (Phi) is 5.76. The van der Waals surface area contributed by atoms with Crippen LogP contribution in [0, 0.1) is 0 Å². The third-order valence-corrected chi connectivity index (χ3v) is 5.63. The first-order valence-corrected chi connectivity index (χ1v) is 10.1. The average Bonchev–Trinajstić information content (AvgIpc) is 3.11. The lowest BCUT2D eigenvalue weighted by atomic mass is 10.2. The van der Waals surface area contributed by atoms with Crippen molar-refractivity contribution in [2.75, 3.05) is 26.3 Å². The van der Waals surface area contributed by atoms with Gasteiger partial charge in [0.1, 0.15) is 5.01 Å². The lowest BCUT2D eigenvalue weighted by molar-refractivity contribution is 0.0340. The van der Waals surface area contributed by atoms with Gasteiger partial charge < -0.3 is 15.2 Å². The molecule has 2 N–H and O–H groups in total. The lowest BCUT2D eigenvalue weighted by Gasteiger charge is -2.25. The Hall–Kier alpha value is -2.53. The van der Waals surface area contributed by atoms with Gasteiger partial charge in [0.25, 0.3) is 11.5 Å². The number of aromatic hydroxyl groups is 1. The summed E-state index contributed by atoms with van der Waals surface area (Å²) in [6, 6.07) is 6.92. The minimum atomic E-state index is -0.716. The number of benzene rings is 1. The maximum atomic E-state index is 12.7. The summed E-state index contributed by atoms with van der Waals surface area (Å²) >= 11 is 7.05. The van der Waals surface area contributed by atoms with E-state index >= 15 is 0 Å². The number of hydrogen-bond donors (Lipinski definition) is 2. The fraction of sp³-hybridized carbons (Fsp3) is 0.333. The predicted octanol–water partition coefficient (Wildman–Crippen LogP) is 1.27. The van der Waals surface area contributed by atoms with Crippen LogP contribution in [0.3, 0.4) is 0 Å². The second-order valence-corrected chi connectivity index (χ2v) is 7.98. The van der Waals surface area contributed by atoms with Gasteiger partial charge in [-0.2, -0.15) is 14.6 Å². The second kappa shape index (κ2) is 8.46. The normalized spacial score (nSPS) is 14.9. The summed E-state index contributed by atoms with van der Waals surface area (Å²) in [4.78, 5) is 31.6. The molecular weight excluding hydrogens is 418 g/mol. The van der Waals surface area contributed by atoms with Crippen LogP contribution in [0.1, 0.15) is 20.9 Å². The first-order chi connectivity index (χ1) is 14.0. The van der Waals surface area contributed by atoms with Crippen LogP contribution in [-0.4, -0.2) is 56.8 Å². The highest BCUT2D eigenvalue weighted by Crippen LogP contribution is 2.18. The van der Waals surface area contributed by atoms with Crippen LogP contribution >= 0.6 is 22.9 Å². The van der Waals surface area contributed by atoms with Crippen LogP contribution in [0.2, 0.25) is 5.02 Å². The van der Waals surface area contributed by atoms with Gasteiger partial charge in [-0.05, 0) is 17.7 Å². The van der Waals surface area contributed by atoms with Gasteiger partial charge in [-0.15, -0.1) is 0 Å². The van der Waals surface area contributed by atoms with Crippen molar-refractivity contribution in [1.29, 1.82) is 0 Å². The van der Waals surface area contributed by atoms with Crippen molar-refractivity contribution in [3.05, 3.63) is 55.8 Å². The molecule has 0 aliphatic carbocycles. The van der Waals surface area contributed by atoms with Crippen molar-refractivity contribution in [2.45, 2.75) is 13.1 Å². The molecular formula is C18H18ClN5O4S. The van der Waals surface area contributed by atoms with Crippen molar-refractivity contribution in [3.63, 3.8) is 0 Å². The van der Waals surface area contributed by atoms with E-state index in [0.29, 0.717) is 29.8 Å². The zero-order chi connectivity index (χ0) is 20.4. The number of nitrogens with one attached hydrogen (secondary N) is 1. The molecule has 29 heavy (non-hydrogen) atoms. The third-order valence-electron chi connectivity index (χ3n) is 4.49. The molecule has 1 amide bonds. The van der Waals surface area contributed by atoms with Crippen molar-refractivity contribution < 1.29 is 14.6 Å². The van der Waals surface area contributed by atoms with Crippen molar-refractivity contribution in [3.8, 4) is 5.88 Å². The summed E-state index contributed by atoms with van der Waals surface area (Å²) in [7, 11) is 0. The molecule has 4 rings (SSSR count). The number of ether oxygens (including phenoxy) is 1. The molecule has 3 heterocycles. The topological polar surface area (TPSA) is 109 Å². The molecule has 152 valence electrons. The number of rotatable bonds is 5. The van der Waals surface area contributed by atoms with E-state index in [1.807, 2.05) is 0 Å². The van der Waals surface area contributed by atoms with E-state index in [1.54, 1.807) is 24.3 Å². The zero-order valence-electron chi connectivity index (χ0n) is 15.3. The minimum absolute atomic E-state index is 0.178. The van der Waals surface area contributed by atoms with E-state index in [4.69, 9.17) is 16.3 Å². The summed E-state index contributed by atoms with van der Waals surface area (Å²) in [5.74, 6) is -1.32. The van der Waals surface area contributed by atoms with E-state index in [2.05, 4.69) is 20.3 Å². The number of amides is 1. The molecule has 1 fully saturated rings. The Morgan fingerprint density at radius 1 is 1.28 bits per heavy atom. The Morgan fingerprint density at radius 2 is 2.00 bits per heavy atom. The van der Waals surface area contributed by atoms with Crippen LogP contribution < -0.4 is 10.9 Å². The maximum absolute atomic E-state index is 12.7. The van der Waals surface area contributed by atoms with Gasteiger partial charge in [0.2, 0.25) is 10.8 Å². The maximum Gasteiger partial charge on any atom is 0.292 e. The SMILES string of the molecule is O=C(NCc1ccc(Cl)cc1)c1c(O)nc2sc(CN3CCOCC3)nn2c1=O. The van der Waals surface area contributed by atoms with E-state index < -0.39 is 22.9 Å². The molecule has 11 heteroatoms. The molecule has 1 aliphatic heterocycles. The number of aromatic nitrogens is 3. The van der Waals surface area contributed by atoms with Crippen LogP contribution in [0.25, 0.3) is 4.96 Å². The minimum Gasteiger partial charge on any atom is -0.492 e. The van der Waals surface area contributed by atoms with Gasteiger partial charge in [-0.25, -0.2) is 0 Å². The van der Waals surface area contributed by atoms with E-state index in [9.17, 15) is 14.7 Å². The fourth-order valence-electron chi connectivity index (χ4n) is 2.96. The van der Waals surface area contributed by atoms with Gasteiger partial charge in [0, 0.05) is 24.7 Å². The molecule has 0 atom stereocenters. The van der Waals surface area contributed by atoms with Gasteiger partial charge in [-0.1, -0.05) is 35.1 Å². The fourth-order valence-corrected chi connectivity index (χ4v) is 4.01. The number of morpholine rings is 1. The third kappa shape index (κ3) is 4.40. The summed E-state index contributed by atoms with van der Waals surface area (Å²) in [6.45, 7) is 3.60. The van der Waals surface area contributed by atoms with Gasteiger partial charge >= 0.3 is 0 Å². The number of fused-ring (bicyclic) bond motifs is 1. The number of halogens is 1. The number of nitrogens with zero attached hydrogens (tertiary/aromatic N) is 4. The predicted molar refractivity (Wildman–Crippen MR) is 108 cm³/mol. The Bertz CT molecular complexity index is 1090. The monoisotopic (exact) mass is 435 g/mol. The van der Waals surface area contributed by atoms with Gasteiger partial charge in [0.05, 0.1) is 19.8 Å². The van der Waals surface area contributed by atoms with E-state index in [0.717, 1.165) is 23.2 Å². The van der Waals surface area contributed by atoms with Crippen LogP contribution in [0.4, 0.5) is 0 Å². The van der Waals surface area contributed by atoms with Crippen molar-refractivity contribution >= 4 is 33.8 Å². The first-order valence-electron chi connectivity index (χ1n) is 8.96. The summed E-state index contributed by atoms with van der Waals surface area (Å²) in [6.07, 6.45) is 0. The average molecular weight is 436 g/mol. The molecule has 1 saturated heterocycles. The summed E-state index contributed by atoms with van der Waals surface area (Å²) < 4.78 is 6.39. The lowest BCUT2D eigenvalue weighted by Crippen LogP contribution is -2.35. The van der Waals surface area contributed by atoms with E-state index in [1.165, 1.54) is 11.3 Å². The molecule has 9 nitrogen and oxygen atoms in total. The van der Waals surface area contributed by atoms with Gasteiger partial charge in [0.15, 0.2) is 5.56 Å². The van der Waals surface area contributed by atoms with E-state index in [-0.39, 0.29) is 11.5 Å². The molecule has 1 aromatic carbocycles. The molecule has 1 aliphatic rings. The number of carbonyl (C=O) groups excluding carboxylic acids is 1. The molecule has 0 spiro atoms. The van der Waals surface area contributed by atoms with Gasteiger partial charge in [-0.3, -0.25) is 14.5 Å². The Balaban J connectivity index is 1.54. The number of hydrogen-bond acceptors (Lipinski definition) is 8. The molecule has 0 unspecified atom stereocenters. The molecule has 0 saturated carbocycles. The first kappa shape index (κ1) is 19.8. The highest BCUT2D eigenvalue weighted by Gasteiger charge is 2.22. The molecule has 0 radical (unpaired) electrons. The molecule has 2 aromatic heterocycles. The van der Waals surface area contributed by atoms with Crippen LogP contribution in [-0.2, 0) is 17.8 Å².